The van der Waals surface area contributed by atoms with Gasteiger partial charge in [-0.25, -0.2) is 0 Å². The van der Waals surface area contributed by atoms with Gasteiger partial charge in [0.2, 0.25) is 0 Å². The Morgan fingerprint density at radius 2 is 1.84 bits per heavy atom. The van der Waals surface area contributed by atoms with Crippen molar-refractivity contribution in [2.45, 2.75) is 0 Å². The number of halogens is 2. The molecule has 0 aliphatic rings. The molecule has 0 amide bonds. The Morgan fingerprint density at radius 3 is 2.68 bits per heavy atom. The molecule has 1 aromatic carbocycles. The van der Waals surface area contributed by atoms with Crippen LogP contribution < -0.4 is 5.32 Å². The van der Waals surface area contributed by atoms with Crippen LogP contribution in [0.4, 0.5) is 11.4 Å². The fourth-order valence-corrected chi connectivity index (χ4v) is 2.55. The molecule has 0 spiro atoms. The zero-order chi connectivity index (χ0) is 13.2. The van der Waals surface area contributed by atoms with Crippen LogP contribution in [0.15, 0.2) is 57.7 Å². The summed E-state index contributed by atoms with van der Waals surface area (Å²) in [7, 11) is 0. The van der Waals surface area contributed by atoms with Crippen molar-refractivity contribution >= 4 is 54.3 Å². The molecule has 0 aliphatic heterocycles. The smallest absolute Gasteiger partial charge is 0.112 e. The van der Waals surface area contributed by atoms with E-state index in [-0.39, 0.29) is 0 Å². The molecule has 5 heteroatoms. The number of nitrogens with one attached hydrogen (secondary N) is 1. The predicted molar refractivity (Wildman–Crippen MR) is 84.7 cm³/mol. The fourth-order valence-electron chi connectivity index (χ4n) is 1.83. The summed E-state index contributed by atoms with van der Waals surface area (Å²) in [4.78, 5) is 8.74. The van der Waals surface area contributed by atoms with E-state index < -0.39 is 0 Å². The van der Waals surface area contributed by atoms with Crippen molar-refractivity contribution in [2.75, 3.05) is 5.32 Å². The van der Waals surface area contributed by atoms with Crippen LogP contribution in [0.3, 0.4) is 0 Å². The van der Waals surface area contributed by atoms with E-state index in [4.69, 9.17) is 0 Å². The first-order valence-electron chi connectivity index (χ1n) is 5.65. The Labute approximate surface area is 127 Å². The number of anilines is 2. The molecule has 0 saturated carbocycles. The maximum atomic E-state index is 4.42. The van der Waals surface area contributed by atoms with Crippen LogP contribution in [0.25, 0.3) is 11.0 Å². The molecule has 0 saturated heterocycles. The fraction of sp³-hybridized carbons (Fsp3) is 0. The van der Waals surface area contributed by atoms with Crippen LogP contribution in [0, 0.1) is 0 Å². The standard InChI is InChI=1S/C14H9Br2N3/c15-9-2-1-3-11(6-9)19-12-4-5-17-13-7-10(16)8-18-14(12)13/h1-8H,(H,17,19). The highest BCUT2D eigenvalue weighted by Gasteiger charge is 2.04. The first-order chi connectivity index (χ1) is 9.22. The number of hydrogen-bond donors (Lipinski definition) is 1. The Balaban J connectivity index is 2.06. The van der Waals surface area contributed by atoms with Crippen molar-refractivity contribution < 1.29 is 0 Å². The molecule has 0 bridgehead atoms. The van der Waals surface area contributed by atoms with Gasteiger partial charge >= 0.3 is 0 Å². The molecule has 1 N–H and O–H groups in total. The van der Waals surface area contributed by atoms with E-state index in [1.165, 1.54) is 0 Å². The molecule has 0 fully saturated rings. The maximum Gasteiger partial charge on any atom is 0.112 e. The lowest BCUT2D eigenvalue weighted by atomic mass is 10.2. The number of benzene rings is 1. The lowest BCUT2D eigenvalue weighted by Gasteiger charge is -2.09. The molecule has 0 unspecified atom stereocenters. The number of nitrogens with zero attached hydrogens (tertiary/aromatic N) is 2. The van der Waals surface area contributed by atoms with Crippen molar-refractivity contribution in [3.63, 3.8) is 0 Å². The lowest BCUT2D eigenvalue weighted by Crippen LogP contribution is -1.94. The van der Waals surface area contributed by atoms with E-state index in [0.29, 0.717) is 0 Å². The molecule has 0 aliphatic carbocycles. The Bertz CT molecular complexity index is 744. The number of rotatable bonds is 2. The molecule has 0 atom stereocenters. The highest BCUT2D eigenvalue weighted by Crippen LogP contribution is 2.26. The van der Waals surface area contributed by atoms with Crippen LogP contribution in [0.2, 0.25) is 0 Å². The number of aromatic nitrogens is 2. The van der Waals surface area contributed by atoms with Crippen molar-refractivity contribution in [3.8, 4) is 0 Å². The van der Waals surface area contributed by atoms with Crippen molar-refractivity contribution in [2.24, 2.45) is 0 Å². The van der Waals surface area contributed by atoms with Gasteiger partial charge in [0, 0.05) is 27.0 Å². The summed E-state index contributed by atoms with van der Waals surface area (Å²) >= 11 is 6.86. The summed E-state index contributed by atoms with van der Waals surface area (Å²) in [5, 5.41) is 3.36. The Morgan fingerprint density at radius 1 is 0.947 bits per heavy atom. The van der Waals surface area contributed by atoms with Crippen molar-refractivity contribution in [1.29, 1.82) is 0 Å². The maximum absolute atomic E-state index is 4.42. The SMILES string of the molecule is Brc1cccc(Nc2ccnc3cc(Br)cnc23)c1. The number of hydrogen-bond acceptors (Lipinski definition) is 3. The van der Waals surface area contributed by atoms with E-state index in [1.807, 2.05) is 36.4 Å². The van der Waals surface area contributed by atoms with Gasteiger partial charge in [-0.2, -0.15) is 0 Å². The van der Waals surface area contributed by atoms with Gasteiger partial charge < -0.3 is 5.32 Å². The molecule has 0 radical (unpaired) electrons. The summed E-state index contributed by atoms with van der Waals surface area (Å²) in [5.74, 6) is 0. The predicted octanol–water partition coefficient (Wildman–Crippen LogP) is 4.90. The highest BCUT2D eigenvalue weighted by atomic mass is 79.9. The third-order valence-corrected chi connectivity index (χ3v) is 3.57. The van der Waals surface area contributed by atoms with Gasteiger partial charge in [0.1, 0.15) is 5.52 Å². The molecule has 19 heavy (non-hydrogen) atoms. The zero-order valence-electron chi connectivity index (χ0n) is 9.77. The molecule has 2 heterocycles. The van der Waals surface area contributed by atoms with Gasteiger partial charge in [0.05, 0.1) is 11.2 Å². The molecule has 3 nitrogen and oxygen atoms in total. The second kappa shape index (κ2) is 5.27. The van der Waals surface area contributed by atoms with Gasteiger partial charge in [-0.1, -0.05) is 22.0 Å². The molecule has 94 valence electrons. The third-order valence-electron chi connectivity index (χ3n) is 2.65. The first kappa shape index (κ1) is 12.6. The minimum absolute atomic E-state index is 0.852. The van der Waals surface area contributed by atoms with Crippen LogP contribution in [-0.4, -0.2) is 9.97 Å². The minimum atomic E-state index is 0.852. The summed E-state index contributed by atoms with van der Waals surface area (Å²) < 4.78 is 1.96. The molecule has 2 aromatic heterocycles. The molecule has 3 aromatic rings. The largest absolute Gasteiger partial charge is 0.354 e. The number of fused-ring (bicyclic) bond motifs is 1. The lowest BCUT2D eigenvalue weighted by molar-refractivity contribution is 1.32. The van der Waals surface area contributed by atoms with Crippen LogP contribution >= 0.6 is 31.9 Å². The molecule has 3 rings (SSSR count). The topological polar surface area (TPSA) is 37.8 Å². The Kier molecular flexibility index (Phi) is 3.48. The van der Waals surface area contributed by atoms with E-state index in [9.17, 15) is 0 Å². The van der Waals surface area contributed by atoms with Gasteiger partial charge in [-0.05, 0) is 46.3 Å². The highest BCUT2D eigenvalue weighted by molar-refractivity contribution is 9.10. The molecular weight excluding hydrogens is 370 g/mol. The van der Waals surface area contributed by atoms with E-state index in [0.717, 1.165) is 31.4 Å². The van der Waals surface area contributed by atoms with Crippen molar-refractivity contribution in [1.82, 2.24) is 9.97 Å². The summed E-state index contributed by atoms with van der Waals surface area (Å²) in [5.41, 5.74) is 3.65. The van der Waals surface area contributed by atoms with Gasteiger partial charge in [-0.3, -0.25) is 9.97 Å². The quantitative estimate of drug-likeness (QED) is 0.689. The van der Waals surface area contributed by atoms with Gasteiger partial charge in [-0.15, -0.1) is 0 Å². The van der Waals surface area contributed by atoms with Crippen LogP contribution in [0.1, 0.15) is 0 Å². The second-order valence-corrected chi connectivity index (χ2v) is 5.85. The van der Waals surface area contributed by atoms with Crippen LogP contribution in [-0.2, 0) is 0 Å². The normalized spacial score (nSPS) is 10.6. The zero-order valence-corrected chi connectivity index (χ0v) is 12.9. The average Bonchev–Trinajstić information content (AvgIpc) is 2.38. The van der Waals surface area contributed by atoms with Gasteiger partial charge in [0.25, 0.3) is 0 Å². The monoisotopic (exact) mass is 377 g/mol. The third kappa shape index (κ3) is 2.77. The number of pyridine rings is 2. The second-order valence-electron chi connectivity index (χ2n) is 4.02. The van der Waals surface area contributed by atoms with Crippen molar-refractivity contribution in [3.05, 3.63) is 57.7 Å². The molecular formula is C14H9Br2N3. The summed E-state index contributed by atoms with van der Waals surface area (Å²) in [6.07, 6.45) is 3.55. The van der Waals surface area contributed by atoms with Gasteiger partial charge in [0.15, 0.2) is 0 Å². The van der Waals surface area contributed by atoms with E-state index in [2.05, 4.69) is 47.1 Å². The minimum Gasteiger partial charge on any atom is -0.354 e. The summed E-state index contributed by atoms with van der Waals surface area (Å²) in [6.45, 7) is 0. The average molecular weight is 379 g/mol. The van der Waals surface area contributed by atoms with E-state index in [1.54, 1.807) is 12.4 Å². The van der Waals surface area contributed by atoms with Crippen LogP contribution in [0.5, 0.6) is 0 Å². The van der Waals surface area contributed by atoms with E-state index >= 15 is 0 Å². The Hall–Kier alpha value is -1.46. The summed E-state index contributed by atoms with van der Waals surface area (Å²) in [6, 6.07) is 11.9. The first-order valence-corrected chi connectivity index (χ1v) is 7.24.